The minimum absolute atomic E-state index is 0.302. The summed E-state index contributed by atoms with van der Waals surface area (Å²) in [6.45, 7) is 5.75. The molecule has 0 aliphatic heterocycles. The topological polar surface area (TPSA) is 104 Å². The molecule has 0 unspecified atom stereocenters. The molecule has 218 valence electrons. The van der Waals surface area contributed by atoms with Gasteiger partial charge in [0.2, 0.25) is 0 Å². The second-order valence-corrected chi connectivity index (χ2v) is 10.8. The summed E-state index contributed by atoms with van der Waals surface area (Å²) in [5.41, 5.74) is 2.19. The van der Waals surface area contributed by atoms with Crippen LogP contribution in [-0.2, 0) is 20.8 Å². The molecule has 4 rings (SSSR count). The first-order valence-electron chi connectivity index (χ1n) is 14.2. The van der Waals surface area contributed by atoms with Crippen LogP contribution in [0.5, 0.6) is 17.2 Å². The van der Waals surface area contributed by atoms with Crippen LogP contribution in [0.15, 0.2) is 77.0 Å². The Labute approximate surface area is 249 Å². The maximum Gasteiger partial charge on any atom is 0.311 e. The maximum atomic E-state index is 12.3. The standard InChI is InChI=1S/C33H34N2O6S/c1-4-10-29(36)39-25-17-18-27(40-30(37)11-5-2)23(21-25)19-22-13-9-14-24(20-22)34-35-33-32(41-31(38)12-6-3)26-15-7-8-16-28(26)42-33/h7-9,13-18,20-21H,4-6,10-12,19H2,1-3H3/b35-34+. The first kappa shape index (κ1) is 30.6. The lowest BCUT2D eigenvalue weighted by molar-refractivity contribution is -0.135. The Hall–Kier alpha value is -4.37. The fraction of sp³-hybridized carbons (Fsp3) is 0.303. The van der Waals surface area contributed by atoms with Crippen LogP contribution >= 0.6 is 11.3 Å². The fourth-order valence-electron chi connectivity index (χ4n) is 4.22. The summed E-state index contributed by atoms with van der Waals surface area (Å²) in [5.74, 6) is 0.280. The van der Waals surface area contributed by atoms with Crippen molar-refractivity contribution in [2.24, 2.45) is 10.2 Å². The number of carbonyl (C=O) groups is 3. The SMILES string of the molecule is CCCC(=O)Oc1ccc(OC(=O)CCC)c(Cc2cccc(/N=N/c3sc4ccccc4c3OC(=O)CCC)c2)c1. The molecule has 1 aromatic heterocycles. The van der Waals surface area contributed by atoms with Crippen LogP contribution in [0.3, 0.4) is 0 Å². The summed E-state index contributed by atoms with van der Waals surface area (Å²) in [6, 6.07) is 20.2. The minimum Gasteiger partial charge on any atom is -0.427 e. The van der Waals surface area contributed by atoms with E-state index in [4.69, 9.17) is 14.2 Å². The predicted octanol–water partition coefficient (Wildman–Crippen LogP) is 9.02. The van der Waals surface area contributed by atoms with Gasteiger partial charge in [0.15, 0.2) is 10.8 Å². The molecule has 0 bridgehead atoms. The Morgan fingerprint density at radius 2 is 1.40 bits per heavy atom. The van der Waals surface area contributed by atoms with Gasteiger partial charge in [-0.05, 0) is 67.3 Å². The zero-order valence-corrected chi connectivity index (χ0v) is 24.9. The Bertz CT molecular complexity index is 1590. The van der Waals surface area contributed by atoms with Crippen molar-refractivity contribution in [2.75, 3.05) is 0 Å². The molecule has 42 heavy (non-hydrogen) atoms. The normalized spacial score (nSPS) is 11.1. The van der Waals surface area contributed by atoms with Gasteiger partial charge in [-0.15, -0.1) is 21.6 Å². The van der Waals surface area contributed by atoms with Crippen molar-refractivity contribution in [3.8, 4) is 17.2 Å². The Balaban J connectivity index is 1.60. The van der Waals surface area contributed by atoms with Gasteiger partial charge in [-0.25, -0.2) is 0 Å². The third-order valence-electron chi connectivity index (χ3n) is 6.16. The maximum absolute atomic E-state index is 12.3. The number of benzene rings is 3. The van der Waals surface area contributed by atoms with Crippen molar-refractivity contribution >= 4 is 50.0 Å². The van der Waals surface area contributed by atoms with Gasteiger partial charge in [-0.1, -0.05) is 45.0 Å². The van der Waals surface area contributed by atoms with Crippen molar-refractivity contribution in [1.82, 2.24) is 0 Å². The molecule has 0 aliphatic carbocycles. The Morgan fingerprint density at radius 1 is 0.714 bits per heavy atom. The molecule has 8 nitrogen and oxygen atoms in total. The van der Waals surface area contributed by atoms with Crippen molar-refractivity contribution in [2.45, 2.75) is 65.7 Å². The van der Waals surface area contributed by atoms with Gasteiger partial charge in [-0.3, -0.25) is 14.4 Å². The van der Waals surface area contributed by atoms with E-state index in [2.05, 4.69) is 10.2 Å². The largest absolute Gasteiger partial charge is 0.427 e. The van der Waals surface area contributed by atoms with Gasteiger partial charge >= 0.3 is 17.9 Å². The number of azo groups is 1. The van der Waals surface area contributed by atoms with E-state index in [9.17, 15) is 14.4 Å². The van der Waals surface area contributed by atoms with E-state index in [1.54, 1.807) is 18.2 Å². The number of nitrogens with zero attached hydrogens (tertiary/aromatic N) is 2. The summed E-state index contributed by atoms with van der Waals surface area (Å²) >= 11 is 1.40. The van der Waals surface area contributed by atoms with E-state index in [0.717, 1.165) is 15.6 Å². The van der Waals surface area contributed by atoms with Crippen molar-refractivity contribution in [3.05, 3.63) is 77.9 Å². The summed E-state index contributed by atoms with van der Waals surface area (Å²) in [4.78, 5) is 36.6. The number of hydrogen-bond donors (Lipinski definition) is 0. The highest BCUT2D eigenvalue weighted by atomic mass is 32.1. The van der Waals surface area contributed by atoms with Crippen LogP contribution in [0.2, 0.25) is 0 Å². The van der Waals surface area contributed by atoms with Crippen LogP contribution in [0.4, 0.5) is 10.7 Å². The van der Waals surface area contributed by atoms with Crippen LogP contribution < -0.4 is 14.2 Å². The molecule has 0 radical (unpaired) electrons. The number of esters is 3. The average Bonchev–Trinajstić information content (AvgIpc) is 3.31. The lowest BCUT2D eigenvalue weighted by Gasteiger charge is -2.13. The van der Waals surface area contributed by atoms with Crippen LogP contribution in [-0.4, -0.2) is 17.9 Å². The molecule has 0 atom stereocenters. The smallest absolute Gasteiger partial charge is 0.311 e. The third kappa shape index (κ3) is 8.33. The summed E-state index contributed by atoms with van der Waals surface area (Å²) in [7, 11) is 0. The molecule has 0 N–H and O–H groups in total. The van der Waals surface area contributed by atoms with Gasteiger partial charge in [0.05, 0.1) is 5.69 Å². The summed E-state index contributed by atoms with van der Waals surface area (Å²) in [5, 5.41) is 10.2. The summed E-state index contributed by atoms with van der Waals surface area (Å²) < 4.78 is 17.7. The molecule has 4 aromatic rings. The molecule has 0 spiro atoms. The van der Waals surface area contributed by atoms with Gasteiger partial charge in [0.1, 0.15) is 11.5 Å². The first-order valence-corrected chi connectivity index (χ1v) is 15.0. The lowest BCUT2D eigenvalue weighted by Crippen LogP contribution is -2.10. The minimum atomic E-state index is -0.323. The number of fused-ring (bicyclic) bond motifs is 1. The van der Waals surface area contributed by atoms with E-state index < -0.39 is 0 Å². The molecular weight excluding hydrogens is 552 g/mol. The zero-order chi connectivity index (χ0) is 29.9. The van der Waals surface area contributed by atoms with Crippen LogP contribution in [0.1, 0.15) is 70.4 Å². The monoisotopic (exact) mass is 586 g/mol. The number of ether oxygens (including phenoxy) is 3. The molecule has 9 heteroatoms. The first-order chi connectivity index (χ1) is 20.4. The van der Waals surface area contributed by atoms with E-state index in [1.807, 2.05) is 69.3 Å². The zero-order valence-electron chi connectivity index (χ0n) is 24.1. The third-order valence-corrected chi connectivity index (χ3v) is 7.20. The number of hydrogen-bond acceptors (Lipinski definition) is 9. The van der Waals surface area contributed by atoms with Crippen molar-refractivity contribution in [3.63, 3.8) is 0 Å². The molecule has 0 fully saturated rings. The number of carbonyl (C=O) groups excluding carboxylic acids is 3. The van der Waals surface area contributed by atoms with Crippen molar-refractivity contribution < 1.29 is 28.6 Å². The van der Waals surface area contributed by atoms with Crippen LogP contribution in [0, 0.1) is 0 Å². The van der Waals surface area contributed by atoms with Gasteiger partial charge in [0, 0.05) is 41.3 Å². The van der Waals surface area contributed by atoms with E-state index in [-0.39, 0.29) is 17.9 Å². The van der Waals surface area contributed by atoms with E-state index >= 15 is 0 Å². The quantitative estimate of drug-likeness (QED) is 0.0879. The fourth-order valence-corrected chi connectivity index (χ4v) is 5.17. The number of rotatable bonds is 13. The Kier molecular flexibility index (Phi) is 10.9. The second-order valence-electron chi connectivity index (χ2n) is 9.72. The molecule has 0 saturated heterocycles. The second kappa shape index (κ2) is 15.0. The molecule has 3 aromatic carbocycles. The van der Waals surface area contributed by atoms with Gasteiger partial charge < -0.3 is 14.2 Å². The highest BCUT2D eigenvalue weighted by molar-refractivity contribution is 7.23. The van der Waals surface area contributed by atoms with Gasteiger partial charge in [-0.2, -0.15) is 0 Å². The molecule has 0 amide bonds. The highest BCUT2D eigenvalue weighted by Crippen LogP contribution is 2.45. The van der Waals surface area contributed by atoms with Crippen molar-refractivity contribution in [1.29, 1.82) is 0 Å². The highest BCUT2D eigenvalue weighted by Gasteiger charge is 2.17. The molecule has 0 saturated carbocycles. The van der Waals surface area contributed by atoms with E-state index in [1.165, 1.54) is 11.3 Å². The van der Waals surface area contributed by atoms with Gasteiger partial charge in [0.25, 0.3) is 0 Å². The van der Waals surface area contributed by atoms with E-state index in [0.29, 0.717) is 78.4 Å². The molecule has 1 heterocycles. The average molecular weight is 587 g/mol. The Morgan fingerprint density at radius 3 is 2.14 bits per heavy atom. The van der Waals surface area contributed by atoms with Crippen LogP contribution in [0.25, 0.3) is 10.1 Å². The summed E-state index contributed by atoms with van der Waals surface area (Å²) in [6.07, 6.45) is 3.38. The molecule has 0 aliphatic rings. The number of thiophene rings is 1. The molecular formula is C33H34N2O6S. The predicted molar refractivity (Wildman–Crippen MR) is 163 cm³/mol. The lowest BCUT2D eigenvalue weighted by atomic mass is 10.0.